The minimum atomic E-state index is -3.45. The Kier molecular flexibility index (Phi) is 8.11. The van der Waals surface area contributed by atoms with Gasteiger partial charge in [0.25, 0.3) is 5.91 Å². The van der Waals surface area contributed by atoms with Crippen molar-refractivity contribution in [2.45, 2.75) is 89.4 Å². The van der Waals surface area contributed by atoms with Crippen LogP contribution in [0.25, 0.3) is 10.9 Å². The van der Waals surface area contributed by atoms with Crippen LogP contribution in [0, 0.1) is 0 Å². The third kappa shape index (κ3) is 5.71. The SMILES string of the molecule is CC(C)N1[C@@H]2CC[C@H]1C[C@@H](Oc1ccc3c(c1)cc(C(=O)N1CCN(S(=O)(=O)Cc4ccccc4)CC1)n3C(C)C)C2. The van der Waals surface area contributed by atoms with Crippen LogP contribution in [0.5, 0.6) is 5.75 Å². The van der Waals surface area contributed by atoms with E-state index < -0.39 is 10.0 Å². The van der Waals surface area contributed by atoms with Gasteiger partial charge in [0.1, 0.15) is 17.5 Å². The lowest BCUT2D eigenvalue weighted by Crippen LogP contribution is -2.51. The maximum absolute atomic E-state index is 13.8. The van der Waals surface area contributed by atoms with Gasteiger partial charge in [-0.25, -0.2) is 8.42 Å². The van der Waals surface area contributed by atoms with E-state index in [1.165, 1.54) is 17.1 Å². The van der Waals surface area contributed by atoms with Crippen molar-refractivity contribution in [3.8, 4) is 5.75 Å². The molecule has 226 valence electrons. The van der Waals surface area contributed by atoms with Gasteiger partial charge in [0, 0.05) is 61.2 Å². The largest absolute Gasteiger partial charge is 0.490 e. The number of ether oxygens (including phenoxy) is 1. The monoisotopic (exact) mass is 592 g/mol. The number of benzene rings is 2. The van der Waals surface area contributed by atoms with Crippen LogP contribution < -0.4 is 4.74 Å². The Morgan fingerprint density at radius 3 is 2.17 bits per heavy atom. The number of hydrogen-bond donors (Lipinski definition) is 0. The Hall–Kier alpha value is -2.88. The van der Waals surface area contributed by atoms with E-state index in [4.69, 9.17) is 4.74 Å². The van der Waals surface area contributed by atoms with Crippen LogP contribution in [0.15, 0.2) is 54.6 Å². The molecule has 42 heavy (non-hydrogen) atoms. The number of amides is 1. The first kappa shape index (κ1) is 29.2. The van der Waals surface area contributed by atoms with Gasteiger partial charge in [0.2, 0.25) is 10.0 Å². The van der Waals surface area contributed by atoms with E-state index in [2.05, 4.69) is 49.3 Å². The van der Waals surface area contributed by atoms with Gasteiger partial charge in [0.15, 0.2) is 0 Å². The Balaban J connectivity index is 1.15. The summed E-state index contributed by atoms with van der Waals surface area (Å²) in [6, 6.07) is 19.3. The summed E-state index contributed by atoms with van der Waals surface area (Å²) in [6.45, 7) is 10.1. The summed E-state index contributed by atoms with van der Waals surface area (Å²) >= 11 is 0. The fourth-order valence-electron chi connectivity index (χ4n) is 7.51. The lowest BCUT2D eigenvalue weighted by Gasteiger charge is -2.41. The van der Waals surface area contributed by atoms with Gasteiger partial charge < -0.3 is 14.2 Å². The van der Waals surface area contributed by atoms with Crippen molar-refractivity contribution < 1.29 is 17.9 Å². The third-order valence-electron chi connectivity index (χ3n) is 9.30. The van der Waals surface area contributed by atoms with Gasteiger partial charge in [-0.2, -0.15) is 4.31 Å². The first-order valence-electron chi connectivity index (χ1n) is 15.5. The number of piperidine rings is 1. The molecule has 1 amide bonds. The number of piperazine rings is 1. The maximum Gasteiger partial charge on any atom is 0.270 e. The Labute approximate surface area is 250 Å². The molecule has 0 aliphatic carbocycles. The average Bonchev–Trinajstić information content (AvgIpc) is 3.48. The lowest BCUT2D eigenvalue weighted by atomic mass is 9.98. The first-order chi connectivity index (χ1) is 20.1. The highest BCUT2D eigenvalue weighted by Gasteiger charge is 2.42. The molecule has 3 fully saturated rings. The normalized spacial score (nSPS) is 23.8. The smallest absolute Gasteiger partial charge is 0.270 e. The van der Waals surface area contributed by atoms with E-state index in [9.17, 15) is 13.2 Å². The zero-order chi connectivity index (χ0) is 29.6. The van der Waals surface area contributed by atoms with E-state index in [0.29, 0.717) is 50.0 Å². The standard InChI is InChI=1S/C33H44N4O4S/c1-23(2)36-27-10-11-28(36)21-30(20-27)41-29-12-13-31-26(18-29)19-32(37(31)24(3)4)33(38)34-14-16-35(17-15-34)42(39,40)22-25-8-6-5-7-9-25/h5-9,12-13,18-19,23-24,27-28,30H,10-11,14-17,20-22H2,1-4H3/t27-,28+,30+. The van der Waals surface area contributed by atoms with Crippen molar-refractivity contribution in [2.24, 2.45) is 0 Å². The van der Waals surface area contributed by atoms with E-state index in [0.717, 1.165) is 35.1 Å². The zero-order valence-electron chi connectivity index (χ0n) is 25.3. The highest BCUT2D eigenvalue weighted by Crippen LogP contribution is 2.39. The van der Waals surface area contributed by atoms with E-state index in [1.807, 2.05) is 42.5 Å². The maximum atomic E-state index is 13.8. The second-order valence-corrected chi connectivity index (χ2v) is 14.8. The van der Waals surface area contributed by atoms with E-state index in [-0.39, 0.29) is 23.8 Å². The molecule has 4 heterocycles. The Morgan fingerprint density at radius 1 is 0.881 bits per heavy atom. The van der Waals surface area contributed by atoms with Crippen LogP contribution in [0.4, 0.5) is 0 Å². The molecule has 3 aromatic rings. The number of nitrogens with zero attached hydrogens (tertiary/aromatic N) is 4. The van der Waals surface area contributed by atoms with Crippen molar-refractivity contribution in [1.29, 1.82) is 0 Å². The number of aromatic nitrogens is 1. The summed E-state index contributed by atoms with van der Waals surface area (Å²) in [6.07, 6.45) is 4.88. The molecule has 3 aliphatic heterocycles. The fourth-order valence-corrected chi connectivity index (χ4v) is 9.03. The molecule has 0 N–H and O–H groups in total. The number of rotatable bonds is 8. The number of hydrogen-bond acceptors (Lipinski definition) is 5. The van der Waals surface area contributed by atoms with Crippen molar-refractivity contribution in [3.05, 3.63) is 65.9 Å². The molecule has 6 rings (SSSR count). The number of fused-ring (bicyclic) bond motifs is 3. The Bertz CT molecular complexity index is 1510. The second-order valence-electron chi connectivity index (χ2n) is 12.8. The molecule has 2 aromatic carbocycles. The summed E-state index contributed by atoms with van der Waals surface area (Å²) in [5.41, 5.74) is 2.43. The van der Waals surface area contributed by atoms with E-state index >= 15 is 0 Å². The van der Waals surface area contributed by atoms with Crippen molar-refractivity contribution in [1.82, 2.24) is 18.7 Å². The van der Waals surface area contributed by atoms with Gasteiger partial charge in [-0.05, 0) is 83.2 Å². The van der Waals surface area contributed by atoms with Crippen molar-refractivity contribution in [2.75, 3.05) is 26.2 Å². The van der Waals surface area contributed by atoms with Gasteiger partial charge in [-0.15, -0.1) is 0 Å². The summed E-state index contributed by atoms with van der Waals surface area (Å²) < 4.78 is 36.2. The average molecular weight is 593 g/mol. The molecule has 8 nitrogen and oxygen atoms in total. The zero-order valence-corrected chi connectivity index (χ0v) is 26.1. The summed E-state index contributed by atoms with van der Waals surface area (Å²) in [4.78, 5) is 18.3. The first-order valence-corrected chi connectivity index (χ1v) is 17.1. The number of carbonyl (C=O) groups excluding carboxylic acids is 1. The molecular weight excluding hydrogens is 548 g/mol. The minimum Gasteiger partial charge on any atom is -0.490 e. The quantitative estimate of drug-likeness (QED) is 0.355. The lowest BCUT2D eigenvalue weighted by molar-refractivity contribution is 0.0308. The highest BCUT2D eigenvalue weighted by atomic mass is 32.2. The summed E-state index contributed by atoms with van der Waals surface area (Å²) in [5.74, 6) is 0.786. The topological polar surface area (TPSA) is 75.1 Å². The summed E-state index contributed by atoms with van der Waals surface area (Å²) in [5, 5.41) is 0.996. The molecule has 0 spiro atoms. The third-order valence-corrected chi connectivity index (χ3v) is 11.2. The van der Waals surface area contributed by atoms with Gasteiger partial charge in [0.05, 0.1) is 5.75 Å². The molecular formula is C33H44N4O4S. The van der Waals surface area contributed by atoms with Gasteiger partial charge in [-0.3, -0.25) is 9.69 Å². The van der Waals surface area contributed by atoms with Gasteiger partial charge in [-0.1, -0.05) is 30.3 Å². The minimum absolute atomic E-state index is 0.0219. The second kappa shape index (κ2) is 11.7. The molecule has 3 aliphatic rings. The van der Waals surface area contributed by atoms with Crippen LogP contribution in [-0.4, -0.2) is 83.4 Å². The molecule has 2 bridgehead atoms. The van der Waals surface area contributed by atoms with Crippen LogP contribution in [0.2, 0.25) is 0 Å². The fraction of sp³-hybridized carbons (Fsp3) is 0.545. The van der Waals surface area contributed by atoms with Crippen LogP contribution in [-0.2, 0) is 15.8 Å². The van der Waals surface area contributed by atoms with Gasteiger partial charge >= 0.3 is 0 Å². The molecule has 0 saturated carbocycles. The number of sulfonamides is 1. The molecule has 9 heteroatoms. The van der Waals surface area contributed by atoms with E-state index in [1.54, 1.807) is 4.90 Å². The predicted molar refractivity (Wildman–Crippen MR) is 166 cm³/mol. The number of carbonyl (C=O) groups is 1. The predicted octanol–water partition coefficient (Wildman–Crippen LogP) is 5.29. The molecule has 1 aromatic heterocycles. The summed E-state index contributed by atoms with van der Waals surface area (Å²) in [7, 11) is -3.45. The highest BCUT2D eigenvalue weighted by molar-refractivity contribution is 7.88. The Morgan fingerprint density at radius 2 is 1.55 bits per heavy atom. The van der Waals surface area contributed by atoms with Crippen LogP contribution in [0.1, 0.15) is 75.5 Å². The van der Waals surface area contributed by atoms with Crippen molar-refractivity contribution >= 4 is 26.8 Å². The molecule has 0 radical (unpaired) electrons. The molecule has 3 saturated heterocycles. The molecule has 0 unspecified atom stereocenters. The van der Waals surface area contributed by atoms with Crippen molar-refractivity contribution in [3.63, 3.8) is 0 Å². The van der Waals surface area contributed by atoms with Crippen LogP contribution in [0.3, 0.4) is 0 Å². The molecule has 3 atom stereocenters. The van der Waals surface area contributed by atoms with Crippen LogP contribution >= 0.6 is 0 Å².